The third-order valence-electron chi connectivity index (χ3n) is 10.0. The van der Waals surface area contributed by atoms with Crippen LogP contribution in [0.25, 0.3) is 0 Å². The van der Waals surface area contributed by atoms with Gasteiger partial charge in [0.2, 0.25) is 0 Å². The Morgan fingerprint density at radius 2 is 1.68 bits per heavy atom. The van der Waals surface area contributed by atoms with Crippen LogP contribution in [0.15, 0.2) is 3.21 Å². The van der Waals surface area contributed by atoms with Crippen molar-refractivity contribution in [2.75, 3.05) is 27.2 Å². The van der Waals surface area contributed by atoms with Gasteiger partial charge < -0.3 is 0 Å². The van der Waals surface area contributed by atoms with Crippen molar-refractivity contribution in [1.29, 1.82) is 0 Å². The molecule has 44 heavy (non-hydrogen) atoms. The van der Waals surface area contributed by atoms with Crippen LogP contribution in [0.1, 0.15) is 94.9 Å². The van der Waals surface area contributed by atoms with Crippen LogP contribution in [0.5, 0.6) is 0 Å². The normalized spacial score (nSPS) is 44.5. The fourth-order valence-electron chi connectivity index (χ4n) is 6.86. The van der Waals surface area contributed by atoms with Gasteiger partial charge in [0, 0.05) is 0 Å². The first-order valence-electron chi connectivity index (χ1n) is 16.5. The quantitative estimate of drug-likeness (QED) is 0.191. The van der Waals surface area contributed by atoms with E-state index < -0.39 is 75.5 Å². The molecule has 3 N–H and O–H groups in total. The van der Waals surface area contributed by atoms with E-state index in [-0.39, 0.29) is 23.9 Å². The average molecular weight is 742 g/mol. The van der Waals surface area contributed by atoms with E-state index in [1.807, 2.05) is 67.5 Å². The number of cyclic esters (lactones) is 1. The number of likely N-dealkylation sites (N-methyl/N-ethyl adjacent to an activating group) is 1. The summed E-state index contributed by atoms with van der Waals surface area (Å²) in [5, 5.41) is 35.3. The van der Waals surface area contributed by atoms with Crippen LogP contribution >= 0.6 is 0 Å². The average Bonchev–Trinajstić information content (AvgIpc) is 2.92. The summed E-state index contributed by atoms with van der Waals surface area (Å²) in [5.41, 5.74) is -2.23. The molecule has 0 aromatic rings. The molecule has 13 atom stereocenters. The summed E-state index contributed by atoms with van der Waals surface area (Å²) < 4.78 is 29.5. The van der Waals surface area contributed by atoms with Crippen LogP contribution in [0.4, 0.5) is 0 Å². The predicted molar refractivity (Wildman–Crippen MR) is 167 cm³/mol. The zero-order valence-electron chi connectivity index (χ0n) is 29.2. The van der Waals surface area contributed by atoms with Gasteiger partial charge in [-0.3, -0.25) is 0 Å². The van der Waals surface area contributed by atoms with E-state index in [1.165, 1.54) is 6.92 Å². The van der Waals surface area contributed by atoms with Crippen LogP contribution in [0, 0.1) is 35.5 Å². The summed E-state index contributed by atoms with van der Waals surface area (Å²) in [6.45, 7) is 20.3. The van der Waals surface area contributed by atoms with E-state index in [9.17, 15) is 20.1 Å². The van der Waals surface area contributed by atoms with Gasteiger partial charge in [-0.15, -0.1) is 0 Å². The summed E-state index contributed by atoms with van der Waals surface area (Å²) in [4.78, 5) is 15.8. The third-order valence-corrected chi connectivity index (χ3v) is 11.5. The van der Waals surface area contributed by atoms with Gasteiger partial charge in [-0.1, -0.05) is 6.92 Å². The second-order valence-electron chi connectivity index (χ2n) is 14.4. The zero-order valence-corrected chi connectivity index (χ0v) is 31.4. The number of halogens is 1. The van der Waals surface area contributed by atoms with Crippen LogP contribution in [-0.2, 0) is 22.1 Å². The summed E-state index contributed by atoms with van der Waals surface area (Å²) >= 11 is -1.04. The summed E-state index contributed by atoms with van der Waals surface area (Å²) in [5.74, 6) is -2.12. The Bertz CT molecular complexity index is 921. The SMILES string of the molecule is CC[C@H]1OC(=O)[C@H](C)[C@@H](O[C@H]2C[C@H](C)C[C@H](C)O2)[C@H](C)[C@@H](C)[C@](C)(O)C[C@@H](C)/C(=N\[I-]OCCN(C)C)[C@H](C)[C@@H](O)[C@]1(C)O. The van der Waals surface area contributed by atoms with Crippen LogP contribution in [-0.4, -0.2) is 101 Å². The molecule has 0 aromatic heterocycles. The molecule has 0 radical (unpaired) electrons. The molecule has 0 saturated carbocycles. The van der Waals surface area contributed by atoms with Gasteiger partial charge >= 0.3 is 258 Å². The van der Waals surface area contributed by atoms with Crippen molar-refractivity contribution >= 4 is 11.7 Å². The van der Waals surface area contributed by atoms with Crippen molar-refractivity contribution in [3.63, 3.8) is 0 Å². The number of rotatable bonds is 8. The molecule has 0 amide bonds. The fraction of sp³-hybridized carbons (Fsp3) is 0.939. The van der Waals surface area contributed by atoms with Crippen molar-refractivity contribution in [3.8, 4) is 0 Å². The number of carbonyl (C=O) groups is 1. The van der Waals surface area contributed by atoms with Crippen LogP contribution in [0.2, 0.25) is 0 Å². The first-order chi connectivity index (χ1) is 20.3. The predicted octanol–water partition coefficient (Wildman–Crippen LogP) is 1.24. The van der Waals surface area contributed by atoms with Gasteiger partial charge in [0.25, 0.3) is 0 Å². The molecule has 260 valence electrons. The number of hydrogen-bond donors (Lipinski definition) is 3. The summed E-state index contributed by atoms with van der Waals surface area (Å²) in [6.07, 6.45) is -0.944. The van der Waals surface area contributed by atoms with E-state index in [4.69, 9.17) is 20.5 Å². The van der Waals surface area contributed by atoms with Gasteiger partial charge in [0.05, 0.1) is 0 Å². The first-order valence-corrected chi connectivity index (χ1v) is 18.3. The molecular weight excluding hydrogens is 679 g/mol. The van der Waals surface area contributed by atoms with E-state index in [0.29, 0.717) is 37.5 Å². The molecule has 0 bridgehead atoms. The second kappa shape index (κ2) is 17.1. The monoisotopic (exact) mass is 741 g/mol. The van der Waals surface area contributed by atoms with Crippen molar-refractivity contribution in [2.24, 2.45) is 38.7 Å². The number of esters is 1. The van der Waals surface area contributed by atoms with Gasteiger partial charge in [0.15, 0.2) is 0 Å². The molecule has 2 rings (SSSR count). The molecule has 2 aliphatic heterocycles. The van der Waals surface area contributed by atoms with E-state index >= 15 is 0 Å². The minimum atomic E-state index is -1.76. The Kier molecular flexibility index (Phi) is 15.5. The minimum absolute atomic E-state index is 0.0385. The number of hydrogen-bond acceptors (Lipinski definition) is 10. The van der Waals surface area contributed by atoms with Gasteiger partial charge in [-0.05, 0) is 13.3 Å². The molecule has 2 saturated heterocycles. The number of carbonyl (C=O) groups excluding carboxylic acids is 1. The molecule has 11 heteroatoms. The number of nitrogens with zero attached hydrogens (tertiary/aromatic N) is 2. The molecule has 0 unspecified atom stereocenters. The van der Waals surface area contributed by atoms with Crippen molar-refractivity contribution in [1.82, 2.24) is 4.90 Å². The standard InChI is InChI=1S/C33H62IN2O8/c1-13-26-33(10,40)30(37)23(6)28(35-34-41-15-14-36(11)12)20(3)18-32(9,39)25(8)22(5)29(24(7)31(38)43-26)44-27-17-19(2)16-21(4)42-27/h19-27,29-30,37,39-40H,13-18H2,1-12H3/q-1/b35-28+/t19-,20-,21+,22-,23+,24-,25-,26-,27+,29+,30-,32-,33-/m1/s1. The number of ether oxygens (including phenoxy) is 3. The Morgan fingerprint density at radius 1 is 1.05 bits per heavy atom. The summed E-state index contributed by atoms with van der Waals surface area (Å²) in [6, 6.07) is 0. The van der Waals surface area contributed by atoms with E-state index in [1.54, 1.807) is 6.92 Å². The maximum absolute atomic E-state index is 13.8. The first kappa shape index (κ1) is 39.8. The summed E-state index contributed by atoms with van der Waals surface area (Å²) in [7, 11) is 3.96. The van der Waals surface area contributed by atoms with Crippen LogP contribution < -0.4 is 21.9 Å². The molecular formula is C33H62IN2O8-. The van der Waals surface area contributed by atoms with E-state index in [2.05, 4.69) is 6.92 Å². The molecule has 2 fully saturated rings. The molecule has 0 aromatic carbocycles. The number of aliphatic hydroxyl groups excluding tert-OH is 1. The Labute approximate surface area is 277 Å². The fourth-order valence-corrected chi connectivity index (χ4v) is 8.54. The van der Waals surface area contributed by atoms with Gasteiger partial charge in [-0.2, -0.15) is 0 Å². The third kappa shape index (κ3) is 10.6. The Balaban J connectivity index is 2.53. The Morgan fingerprint density at radius 3 is 2.25 bits per heavy atom. The maximum atomic E-state index is 13.8. The van der Waals surface area contributed by atoms with Crippen molar-refractivity contribution in [2.45, 2.75) is 137 Å². The van der Waals surface area contributed by atoms with Gasteiger partial charge in [0.1, 0.15) is 0 Å². The molecule has 0 spiro atoms. The zero-order chi connectivity index (χ0) is 33.6. The second-order valence-corrected chi connectivity index (χ2v) is 15.9. The number of aliphatic hydroxyl groups is 3. The van der Waals surface area contributed by atoms with Crippen molar-refractivity contribution in [3.05, 3.63) is 0 Å². The van der Waals surface area contributed by atoms with E-state index in [0.717, 1.165) is 13.0 Å². The molecule has 2 heterocycles. The van der Waals surface area contributed by atoms with Crippen LogP contribution in [0.3, 0.4) is 0 Å². The molecule has 2 aliphatic rings. The van der Waals surface area contributed by atoms with Crippen molar-refractivity contribution < 1.29 is 59.3 Å². The Hall–Kier alpha value is -0.410. The topological polar surface area (TPSA) is 130 Å². The molecule has 0 aliphatic carbocycles. The molecule has 10 nitrogen and oxygen atoms in total. The van der Waals surface area contributed by atoms with Gasteiger partial charge in [-0.25, -0.2) is 0 Å².